The van der Waals surface area contributed by atoms with Gasteiger partial charge in [0.15, 0.2) is 0 Å². The lowest BCUT2D eigenvalue weighted by molar-refractivity contribution is -0.150. The molecule has 3 rings (SSSR count). The lowest BCUT2D eigenvalue weighted by Gasteiger charge is -2.43. The van der Waals surface area contributed by atoms with Gasteiger partial charge in [-0.25, -0.2) is 0 Å². The number of hydrogen-bond donors (Lipinski definition) is 4. The van der Waals surface area contributed by atoms with Crippen LogP contribution in [-0.2, 0) is 11.2 Å². The van der Waals surface area contributed by atoms with Crippen molar-refractivity contribution in [3.8, 4) is 5.75 Å². The zero-order chi connectivity index (χ0) is 19.3. The summed E-state index contributed by atoms with van der Waals surface area (Å²) in [6.45, 7) is 7.24. The molecule has 6 nitrogen and oxygen atoms in total. The van der Waals surface area contributed by atoms with Crippen molar-refractivity contribution < 1.29 is 29.9 Å². The molecule has 0 amide bonds. The molecule has 6 heteroatoms. The van der Waals surface area contributed by atoms with Gasteiger partial charge in [-0.05, 0) is 62.8 Å². The van der Waals surface area contributed by atoms with Crippen LogP contribution in [-0.4, -0.2) is 63.2 Å². The molecule has 0 radical (unpaired) electrons. The van der Waals surface area contributed by atoms with Crippen molar-refractivity contribution in [1.29, 1.82) is 0 Å². The van der Waals surface area contributed by atoms with Crippen molar-refractivity contribution in [2.24, 2.45) is 0 Å². The first kappa shape index (κ1) is 19.6. The maximum absolute atomic E-state index is 10.5. The average molecular weight is 366 g/mol. The highest BCUT2D eigenvalue weighted by Crippen LogP contribution is 2.45. The minimum absolute atomic E-state index is 0.219. The fourth-order valence-corrected chi connectivity index (χ4v) is 4.43. The number of hydrogen-bond acceptors (Lipinski definition) is 6. The molecule has 4 N–H and O–H groups in total. The number of aliphatic hydroxyl groups excluding tert-OH is 4. The number of aryl methyl sites for hydroxylation is 2. The molecule has 2 heterocycles. The zero-order valence-corrected chi connectivity index (χ0v) is 16.0. The summed E-state index contributed by atoms with van der Waals surface area (Å²) in [4.78, 5) is 0. The predicted molar refractivity (Wildman–Crippen MR) is 96.4 cm³/mol. The van der Waals surface area contributed by atoms with Gasteiger partial charge >= 0.3 is 0 Å². The first-order valence-corrected chi connectivity index (χ1v) is 9.21. The van der Waals surface area contributed by atoms with E-state index in [1.165, 1.54) is 11.1 Å². The molecular weight excluding hydrogens is 336 g/mol. The summed E-state index contributed by atoms with van der Waals surface area (Å²) < 4.78 is 12.1. The molecule has 1 unspecified atom stereocenters. The highest BCUT2D eigenvalue weighted by molar-refractivity contribution is 5.51. The van der Waals surface area contributed by atoms with Gasteiger partial charge in [0.1, 0.15) is 35.3 Å². The van der Waals surface area contributed by atoms with Gasteiger partial charge in [0.25, 0.3) is 0 Å². The smallest absolute Gasteiger partial charge is 0.126 e. The average Bonchev–Trinajstić information content (AvgIpc) is 2.84. The van der Waals surface area contributed by atoms with Crippen LogP contribution in [0.5, 0.6) is 5.75 Å². The second-order valence-electron chi connectivity index (χ2n) is 8.17. The summed E-state index contributed by atoms with van der Waals surface area (Å²) in [6, 6.07) is 2.17. The van der Waals surface area contributed by atoms with Crippen molar-refractivity contribution in [2.75, 3.05) is 13.2 Å². The largest absolute Gasteiger partial charge is 0.487 e. The number of aliphatic hydroxyl groups is 4. The highest BCUT2D eigenvalue weighted by Gasteiger charge is 2.57. The van der Waals surface area contributed by atoms with E-state index in [2.05, 4.69) is 19.9 Å². The maximum Gasteiger partial charge on any atom is 0.126 e. The van der Waals surface area contributed by atoms with Gasteiger partial charge in [-0.1, -0.05) is 6.07 Å². The maximum atomic E-state index is 10.5. The first-order valence-electron chi connectivity index (χ1n) is 9.21. The Kier molecular flexibility index (Phi) is 5.09. The summed E-state index contributed by atoms with van der Waals surface area (Å²) in [5.74, 6) is 0.871. The number of fused-ring (bicyclic) bond motifs is 1. The molecule has 0 spiro atoms. The molecule has 1 aromatic carbocycles. The van der Waals surface area contributed by atoms with E-state index in [9.17, 15) is 20.4 Å². The first-order chi connectivity index (χ1) is 12.2. The zero-order valence-electron chi connectivity index (χ0n) is 16.0. The lowest BCUT2D eigenvalue weighted by atomic mass is 9.79. The Hall–Kier alpha value is -1.18. The van der Waals surface area contributed by atoms with Gasteiger partial charge < -0.3 is 29.9 Å². The molecule has 0 aliphatic carbocycles. The third-order valence-corrected chi connectivity index (χ3v) is 6.12. The van der Waals surface area contributed by atoms with Crippen LogP contribution in [0.25, 0.3) is 0 Å². The topological polar surface area (TPSA) is 99.4 Å². The molecule has 1 aromatic rings. The lowest BCUT2D eigenvalue weighted by Crippen LogP contribution is -2.53. The van der Waals surface area contributed by atoms with E-state index in [0.717, 1.165) is 23.3 Å². The summed E-state index contributed by atoms with van der Waals surface area (Å²) in [6.07, 6.45) is -1.67. The van der Waals surface area contributed by atoms with Gasteiger partial charge in [0, 0.05) is 6.42 Å². The molecule has 5 atom stereocenters. The SMILES string of the molecule is Cc1cc(C)c2c(c1C)OC(C)(C[C@]1(CO)O[C@H](CO)[C@@H](O)[C@@H]1O)CC2. The van der Waals surface area contributed by atoms with Crippen LogP contribution in [0.4, 0.5) is 0 Å². The van der Waals surface area contributed by atoms with Crippen LogP contribution >= 0.6 is 0 Å². The van der Waals surface area contributed by atoms with Crippen LogP contribution in [0, 0.1) is 20.8 Å². The van der Waals surface area contributed by atoms with Crippen molar-refractivity contribution in [2.45, 2.75) is 76.5 Å². The molecule has 26 heavy (non-hydrogen) atoms. The Bertz CT molecular complexity index is 689. The summed E-state index contributed by atoms with van der Waals surface area (Å²) in [7, 11) is 0. The molecule has 0 saturated carbocycles. The van der Waals surface area contributed by atoms with Crippen molar-refractivity contribution in [1.82, 2.24) is 0 Å². The van der Waals surface area contributed by atoms with Crippen LogP contribution in [0.15, 0.2) is 6.07 Å². The van der Waals surface area contributed by atoms with E-state index < -0.39 is 42.7 Å². The van der Waals surface area contributed by atoms with Gasteiger partial charge in [0.2, 0.25) is 0 Å². The molecule has 2 aliphatic rings. The third-order valence-electron chi connectivity index (χ3n) is 6.12. The van der Waals surface area contributed by atoms with Crippen molar-refractivity contribution in [3.05, 3.63) is 28.3 Å². The van der Waals surface area contributed by atoms with E-state index in [-0.39, 0.29) is 6.42 Å². The van der Waals surface area contributed by atoms with E-state index in [1.54, 1.807) is 0 Å². The molecule has 2 aliphatic heterocycles. The second-order valence-corrected chi connectivity index (χ2v) is 8.17. The van der Waals surface area contributed by atoms with Crippen LogP contribution < -0.4 is 4.74 Å². The quantitative estimate of drug-likeness (QED) is 0.633. The van der Waals surface area contributed by atoms with Crippen LogP contribution in [0.2, 0.25) is 0 Å². The summed E-state index contributed by atoms with van der Waals surface area (Å²) in [5.41, 5.74) is 2.64. The predicted octanol–water partition coefficient (Wildman–Crippen LogP) is 0.930. The fourth-order valence-electron chi connectivity index (χ4n) is 4.43. The second kappa shape index (κ2) is 6.77. The highest BCUT2D eigenvalue weighted by atomic mass is 16.6. The van der Waals surface area contributed by atoms with Gasteiger partial charge in [-0.15, -0.1) is 0 Å². The normalized spacial score (nSPS) is 36.7. The number of rotatable bonds is 4. The van der Waals surface area contributed by atoms with Crippen molar-refractivity contribution >= 4 is 0 Å². The van der Waals surface area contributed by atoms with Gasteiger partial charge in [0.05, 0.1) is 13.2 Å². The Labute approximate surface area is 154 Å². The Morgan fingerprint density at radius 1 is 1.15 bits per heavy atom. The Morgan fingerprint density at radius 2 is 1.85 bits per heavy atom. The summed E-state index contributed by atoms with van der Waals surface area (Å²) >= 11 is 0. The van der Waals surface area contributed by atoms with Crippen LogP contribution in [0.3, 0.4) is 0 Å². The number of benzene rings is 1. The van der Waals surface area contributed by atoms with E-state index in [4.69, 9.17) is 9.47 Å². The molecule has 146 valence electrons. The minimum Gasteiger partial charge on any atom is -0.487 e. The summed E-state index contributed by atoms with van der Waals surface area (Å²) in [5, 5.41) is 40.0. The van der Waals surface area contributed by atoms with Crippen molar-refractivity contribution in [3.63, 3.8) is 0 Å². The monoisotopic (exact) mass is 366 g/mol. The fraction of sp³-hybridized carbons (Fsp3) is 0.700. The van der Waals surface area contributed by atoms with Gasteiger partial charge in [-0.2, -0.15) is 0 Å². The van der Waals surface area contributed by atoms with Crippen LogP contribution in [0.1, 0.15) is 42.0 Å². The minimum atomic E-state index is -1.36. The number of ether oxygens (including phenoxy) is 2. The molecule has 1 saturated heterocycles. The van der Waals surface area contributed by atoms with E-state index in [1.807, 2.05) is 13.8 Å². The molecular formula is C20H30O6. The van der Waals surface area contributed by atoms with E-state index >= 15 is 0 Å². The molecule has 0 bridgehead atoms. The van der Waals surface area contributed by atoms with E-state index in [0.29, 0.717) is 6.42 Å². The standard InChI is InChI=1S/C20H30O6/c1-11-7-12(2)14-5-6-19(4,26-17(14)13(11)3)9-20(10-22)18(24)16(23)15(8-21)25-20/h7,15-16,18,21-24H,5-6,8-10H2,1-4H3/t15-,16-,18+,19?,20-/m1/s1. The Morgan fingerprint density at radius 3 is 2.42 bits per heavy atom. The molecule has 0 aromatic heterocycles. The van der Waals surface area contributed by atoms with Gasteiger partial charge in [-0.3, -0.25) is 0 Å². The molecule has 1 fully saturated rings. The third kappa shape index (κ3) is 3.04. The Balaban J connectivity index is 1.91.